The number of aromatic nitrogens is 1. The topological polar surface area (TPSA) is 48.0 Å². The van der Waals surface area contributed by atoms with Crippen molar-refractivity contribution in [3.63, 3.8) is 0 Å². The quantitative estimate of drug-likeness (QED) is 0.487. The Balaban J connectivity index is 1.85. The van der Waals surface area contributed by atoms with E-state index in [4.69, 9.17) is 5.73 Å². The number of hydrogen-bond donors (Lipinski definition) is 1. The van der Waals surface area contributed by atoms with Gasteiger partial charge in [0.2, 0.25) is 5.91 Å². The van der Waals surface area contributed by atoms with Crippen LogP contribution in [0, 0.1) is 0 Å². The van der Waals surface area contributed by atoms with Gasteiger partial charge in [-0.2, -0.15) is 0 Å². The maximum atomic E-state index is 11.2. The minimum Gasteiger partial charge on any atom is -0.366 e. The molecule has 0 aliphatic heterocycles. The molecule has 3 aromatic carbocycles. The first-order chi connectivity index (χ1) is 13.6. The summed E-state index contributed by atoms with van der Waals surface area (Å²) in [6.07, 6.45) is 3.60. The largest absolute Gasteiger partial charge is 0.366 e. The molecule has 0 bridgehead atoms. The lowest BCUT2D eigenvalue weighted by atomic mass is 9.98. The first kappa shape index (κ1) is 17.8. The molecule has 0 saturated carbocycles. The molecule has 138 valence electrons. The van der Waals surface area contributed by atoms with Crippen molar-refractivity contribution in [2.45, 2.75) is 13.0 Å². The van der Waals surface area contributed by atoms with Gasteiger partial charge in [0.1, 0.15) is 0 Å². The average molecular weight is 366 g/mol. The predicted molar refractivity (Wildman–Crippen MR) is 115 cm³/mol. The number of hydrogen-bond acceptors (Lipinski definition) is 1. The summed E-state index contributed by atoms with van der Waals surface area (Å²) in [6.45, 7) is 1.90. The summed E-state index contributed by atoms with van der Waals surface area (Å²) in [7, 11) is 0. The second kappa shape index (κ2) is 7.57. The minimum absolute atomic E-state index is 0.0907. The van der Waals surface area contributed by atoms with Crippen LogP contribution in [0.15, 0.2) is 97.2 Å². The Hall–Kier alpha value is -3.59. The van der Waals surface area contributed by atoms with Gasteiger partial charge in [0.25, 0.3) is 0 Å². The Morgan fingerprint density at radius 3 is 2.07 bits per heavy atom. The van der Waals surface area contributed by atoms with Gasteiger partial charge in [-0.1, -0.05) is 66.7 Å². The number of carbonyl (C=O) groups excluding carboxylic acids is 1. The van der Waals surface area contributed by atoms with Gasteiger partial charge in [0.15, 0.2) is 0 Å². The van der Waals surface area contributed by atoms with Crippen molar-refractivity contribution in [1.82, 2.24) is 4.57 Å². The number of benzene rings is 3. The maximum absolute atomic E-state index is 11.2. The van der Waals surface area contributed by atoms with Crippen molar-refractivity contribution < 1.29 is 4.79 Å². The van der Waals surface area contributed by atoms with E-state index in [9.17, 15) is 4.79 Å². The Kier molecular flexibility index (Phi) is 4.81. The lowest BCUT2D eigenvalue weighted by Gasteiger charge is -2.21. The van der Waals surface area contributed by atoms with E-state index in [1.54, 1.807) is 0 Å². The molecule has 4 rings (SSSR count). The molecule has 0 fully saturated rings. The van der Waals surface area contributed by atoms with E-state index in [2.05, 4.69) is 77.5 Å². The number of rotatable bonds is 5. The van der Waals surface area contributed by atoms with Crippen LogP contribution in [0.4, 0.5) is 0 Å². The summed E-state index contributed by atoms with van der Waals surface area (Å²) in [6, 6.07) is 29.5. The van der Waals surface area contributed by atoms with Gasteiger partial charge in [-0.25, -0.2) is 0 Å². The molecule has 0 atom stereocenters. The molecule has 0 aliphatic rings. The minimum atomic E-state index is -0.427. The van der Waals surface area contributed by atoms with Crippen LogP contribution in [-0.4, -0.2) is 10.5 Å². The summed E-state index contributed by atoms with van der Waals surface area (Å²) < 4.78 is 2.30. The monoisotopic (exact) mass is 366 g/mol. The fraction of sp³-hybridized carbons (Fsp3) is 0.0800. The van der Waals surface area contributed by atoms with Gasteiger partial charge in [-0.15, -0.1) is 0 Å². The predicted octanol–water partition coefficient (Wildman–Crippen LogP) is 5.17. The third-order valence-corrected chi connectivity index (χ3v) is 5.04. The van der Waals surface area contributed by atoms with Crippen LogP contribution in [0.25, 0.3) is 16.5 Å². The fourth-order valence-electron chi connectivity index (χ4n) is 3.72. The van der Waals surface area contributed by atoms with Crippen LogP contribution in [0.3, 0.4) is 0 Å². The van der Waals surface area contributed by atoms with Crippen molar-refractivity contribution in [3.05, 3.63) is 114 Å². The van der Waals surface area contributed by atoms with Gasteiger partial charge in [-0.05, 0) is 47.4 Å². The van der Waals surface area contributed by atoms with Crippen LogP contribution in [0.2, 0.25) is 0 Å². The number of amides is 1. The molecule has 0 saturated heterocycles. The standard InChI is InChI=1S/C25H22N2O/c1-18(16-24(26)28)21-12-13-23-22(17-21)14-15-27(23)25(19-8-4-2-5-9-19)20-10-6-3-7-11-20/h2-17,25H,1H3,(H2,26,28). The molecule has 4 aromatic rings. The van der Waals surface area contributed by atoms with E-state index in [0.717, 1.165) is 22.0 Å². The smallest absolute Gasteiger partial charge is 0.241 e. The summed E-state index contributed by atoms with van der Waals surface area (Å²) in [5, 5.41) is 1.13. The molecule has 28 heavy (non-hydrogen) atoms. The number of nitrogens with two attached hydrogens (primary N) is 1. The Labute approximate surface area is 164 Å². The van der Waals surface area contributed by atoms with E-state index in [0.29, 0.717) is 0 Å². The molecular formula is C25H22N2O. The third-order valence-electron chi connectivity index (χ3n) is 5.04. The van der Waals surface area contributed by atoms with E-state index in [1.165, 1.54) is 17.2 Å². The summed E-state index contributed by atoms with van der Waals surface area (Å²) in [5.74, 6) is -0.427. The zero-order valence-corrected chi connectivity index (χ0v) is 15.7. The molecule has 0 aliphatic carbocycles. The number of nitrogens with zero attached hydrogens (tertiary/aromatic N) is 1. The highest BCUT2D eigenvalue weighted by Gasteiger charge is 2.17. The fourth-order valence-corrected chi connectivity index (χ4v) is 3.72. The van der Waals surface area contributed by atoms with Crippen LogP contribution in [-0.2, 0) is 4.79 Å². The Morgan fingerprint density at radius 1 is 0.893 bits per heavy atom. The molecule has 3 nitrogen and oxygen atoms in total. The molecule has 1 heterocycles. The van der Waals surface area contributed by atoms with Gasteiger partial charge >= 0.3 is 0 Å². The van der Waals surface area contributed by atoms with Crippen molar-refractivity contribution >= 4 is 22.4 Å². The third kappa shape index (κ3) is 3.47. The van der Waals surface area contributed by atoms with E-state index >= 15 is 0 Å². The summed E-state index contributed by atoms with van der Waals surface area (Å²) >= 11 is 0. The highest BCUT2D eigenvalue weighted by molar-refractivity contribution is 5.95. The lowest BCUT2D eigenvalue weighted by Crippen LogP contribution is -2.11. The molecule has 3 heteroatoms. The SMILES string of the molecule is CC(=CC(N)=O)c1ccc2c(ccn2C(c2ccccc2)c2ccccc2)c1. The molecule has 0 unspecified atom stereocenters. The molecule has 2 N–H and O–H groups in total. The maximum Gasteiger partial charge on any atom is 0.241 e. The van der Waals surface area contributed by atoms with Crippen LogP contribution >= 0.6 is 0 Å². The average Bonchev–Trinajstić information content (AvgIpc) is 3.12. The van der Waals surface area contributed by atoms with E-state index < -0.39 is 5.91 Å². The Morgan fingerprint density at radius 2 is 1.50 bits per heavy atom. The first-order valence-electron chi connectivity index (χ1n) is 9.32. The van der Waals surface area contributed by atoms with Crippen molar-refractivity contribution in [2.75, 3.05) is 0 Å². The number of allylic oxidation sites excluding steroid dienone is 1. The lowest BCUT2D eigenvalue weighted by molar-refractivity contribution is -0.113. The molecule has 1 amide bonds. The number of primary amides is 1. The highest BCUT2D eigenvalue weighted by atomic mass is 16.1. The first-order valence-corrected chi connectivity index (χ1v) is 9.32. The highest BCUT2D eigenvalue weighted by Crippen LogP contribution is 2.32. The van der Waals surface area contributed by atoms with Crippen LogP contribution < -0.4 is 5.73 Å². The van der Waals surface area contributed by atoms with Crippen molar-refractivity contribution in [2.24, 2.45) is 5.73 Å². The normalized spacial score (nSPS) is 11.9. The van der Waals surface area contributed by atoms with Gasteiger partial charge < -0.3 is 10.3 Å². The van der Waals surface area contributed by atoms with Crippen molar-refractivity contribution in [3.8, 4) is 0 Å². The zero-order chi connectivity index (χ0) is 19.5. The van der Waals surface area contributed by atoms with E-state index in [-0.39, 0.29) is 6.04 Å². The molecule has 1 aromatic heterocycles. The van der Waals surface area contributed by atoms with Gasteiger partial charge in [0, 0.05) is 23.2 Å². The van der Waals surface area contributed by atoms with Crippen LogP contribution in [0.1, 0.15) is 29.7 Å². The number of fused-ring (bicyclic) bond motifs is 1. The van der Waals surface area contributed by atoms with Gasteiger partial charge in [0.05, 0.1) is 6.04 Å². The van der Waals surface area contributed by atoms with Crippen LogP contribution in [0.5, 0.6) is 0 Å². The molecule has 0 radical (unpaired) electrons. The summed E-state index contributed by atoms with van der Waals surface area (Å²) in [4.78, 5) is 11.2. The Bertz CT molecular complexity index is 1100. The molecule has 0 spiro atoms. The summed E-state index contributed by atoms with van der Waals surface area (Å²) in [5.41, 5.74) is 10.8. The second-order valence-corrected chi connectivity index (χ2v) is 6.95. The van der Waals surface area contributed by atoms with Gasteiger partial charge in [-0.3, -0.25) is 4.79 Å². The van der Waals surface area contributed by atoms with E-state index in [1.807, 2.05) is 25.1 Å². The van der Waals surface area contributed by atoms with Crippen molar-refractivity contribution in [1.29, 1.82) is 0 Å². The second-order valence-electron chi connectivity index (χ2n) is 6.95. The number of carbonyl (C=O) groups is 1. The zero-order valence-electron chi connectivity index (χ0n) is 15.7. The molecular weight excluding hydrogens is 344 g/mol.